The Kier molecular flexibility index (Phi) is 14.5. The van der Waals surface area contributed by atoms with Gasteiger partial charge in [-0.1, -0.05) is 33.6 Å². The molecule has 200 valence electrons. The third-order valence-corrected chi connectivity index (χ3v) is 5.85. The molecule has 1 heterocycles. The van der Waals surface area contributed by atoms with E-state index in [1.165, 1.54) is 4.90 Å². The van der Waals surface area contributed by atoms with Crippen molar-refractivity contribution in [1.29, 1.82) is 0 Å². The van der Waals surface area contributed by atoms with Crippen molar-refractivity contribution in [2.45, 2.75) is 106 Å². The standard InChI is InChI=1S/C25H41N3O5.C2H6/c1-8-9-14-26-20(29)10-12-25(6,7)33-16-13-24(4,5)27-21(30)11-15-28-22(31)17-19(18(2)3)23(28)32;1-2/h18-19H,10-17H2,1-7H3,(H,26,29)(H,27,30);1-2H3. The van der Waals surface area contributed by atoms with Gasteiger partial charge in [0.2, 0.25) is 23.6 Å². The minimum Gasteiger partial charge on any atom is -0.375 e. The number of imide groups is 1. The van der Waals surface area contributed by atoms with Crippen LogP contribution >= 0.6 is 0 Å². The summed E-state index contributed by atoms with van der Waals surface area (Å²) in [5, 5.41) is 5.71. The highest BCUT2D eigenvalue weighted by Gasteiger charge is 2.40. The molecule has 1 aliphatic rings. The summed E-state index contributed by atoms with van der Waals surface area (Å²) in [6.07, 6.45) is 1.81. The Morgan fingerprint density at radius 3 is 2.26 bits per heavy atom. The van der Waals surface area contributed by atoms with Gasteiger partial charge < -0.3 is 15.4 Å². The molecule has 35 heavy (non-hydrogen) atoms. The van der Waals surface area contributed by atoms with Crippen molar-refractivity contribution in [2.75, 3.05) is 19.7 Å². The monoisotopic (exact) mass is 493 g/mol. The fourth-order valence-corrected chi connectivity index (χ4v) is 3.57. The molecular weight excluding hydrogens is 446 g/mol. The summed E-state index contributed by atoms with van der Waals surface area (Å²) in [5.41, 5.74) is -0.986. The second-order valence-corrected chi connectivity index (χ2v) is 10.2. The van der Waals surface area contributed by atoms with Crippen molar-refractivity contribution >= 4 is 23.6 Å². The number of carbonyl (C=O) groups is 4. The second-order valence-electron chi connectivity index (χ2n) is 10.2. The predicted molar refractivity (Wildman–Crippen MR) is 138 cm³/mol. The minimum absolute atomic E-state index is 0.0586. The number of ether oxygens (including phenoxy) is 1. The van der Waals surface area contributed by atoms with E-state index >= 15 is 0 Å². The maximum absolute atomic E-state index is 12.4. The molecule has 1 fully saturated rings. The van der Waals surface area contributed by atoms with E-state index in [0.29, 0.717) is 32.4 Å². The molecule has 1 unspecified atom stereocenters. The molecule has 0 aliphatic carbocycles. The predicted octanol–water partition coefficient (Wildman–Crippen LogP) is 3.43. The van der Waals surface area contributed by atoms with Crippen LogP contribution in [0.3, 0.4) is 0 Å². The molecule has 0 aromatic rings. The molecule has 1 rings (SSSR count). The van der Waals surface area contributed by atoms with E-state index < -0.39 is 11.1 Å². The van der Waals surface area contributed by atoms with E-state index in [-0.39, 0.29) is 54.9 Å². The minimum atomic E-state index is -0.511. The number of rotatable bonds is 13. The number of hydrogen-bond donors (Lipinski definition) is 2. The van der Waals surface area contributed by atoms with Crippen LogP contribution in [0, 0.1) is 23.7 Å². The summed E-state index contributed by atoms with van der Waals surface area (Å²) in [5.74, 6) is 4.70. The Morgan fingerprint density at radius 1 is 1.09 bits per heavy atom. The van der Waals surface area contributed by atoms with Gasteiger partial charge in [-0.05, 0) is 53.4 Å². The lowest BCUT2D eigenvalue weighted by Crippen LogP contribution is -2.46. The number of likely N-dealkylation sites (tertiary alicyclic amines) is 1. The molecule has 1 atom stereocenters. The number of nitrogens with zero attached hydrogens (tertiary/aromatic N) is 1. The van der Waals surface area contributed by atoms with Crippen molar-refractivity contribution < 1.29 is 23.9 Å². The van der Waals surface area contributed by atoms with Gasteiger partial charge in [0, 0.05) is 43.9 Å². The lowest BCUT2D eigenvalue weighted by Gasteiger charge is -2.30. The normalized spacial score (nSPS) is 15.8. The highest BCUT2D eigenvalue weighted by molar-refractivity contribution is 6.03. The van der Waals surface area contributed by atoms with E-state index in [1.54, 1.807) is 6.92 Å². The summed E-state index contributed by atoms with van der Waals surface area (Å²) in [6, 6.07) is 0. The van der Waals surface area contributed by atoms with Gasteiger partial charge >= 0.3 is 0 Å². The fourth-order valence-electron chi connectivity index (χ4n) is 3.57. The van der Waals surface area contributed by atoms with Crippen molar-refractivity contribution in [3.05, 3.63) is 0 Å². The highest BCUT2D eigenvalue weighted by atomic mass is 16.5. The second kappa shape index (κ2) is 15.6. The zero-order valence-electron chi connectivity index (χ0n) is 23.3. The van der Waals surface area contributed by atoms with E-state index in [4.69, 9.17) is 4.74 Å². The maximum Gasteiger partial charge on any atom is 0.233 e. The van der Waals surface area contributed by atoms with Crippen molar-refractivity contribution in [2.24, 2.45) is 11.8 Å². The molecule has 8 nitrogen and oxygen atoms in total. The molecule has 0 radical (unpaired) electrons. The van der Waals surface area contributed by atoms with Crippen LogP contribution in [0.5, 0.6) is 0 Å². The van der Waals surface area contributed by atoms with E-state index in [1.807, 2.05) is 55.4 Å². The Morgan fingerprint density at radius 2 is 1.71 bits per heavy atom. The van der Waals surface area contributed by atoms with Gasteiger partial charge in [-0.15, -0.1) is 5.92 Å². The average molecular weight is 494 g/mol. The first-order valence-electron chi connectivity index (χ1n) is 12.7. The fraction of sp³-hybridized carbons (Fsp3) is 0.778. The quantitative estimate of drug-likeness (QED) is 0.302. The first-order chi connectivity index (χ1) is 16.3. The van der Waals surface area contributed by atoms with Crippen molar-refractivity contribution in [1.82, 2.24) is 15.5 Å². The smallest absolute Gasteiger partial charge is 0.233 e. The van der Waals surface area contributed by atoms with Crippen LogP contribution in [0.25, 0.3) is 0 Å². The number of hydrogen-bond acceptors (Lipinski definition) is 5. The molecule has 1 aliphatic heterocycles. The first-order valence-corrected chi connectivity index (χ1v) is 12.7. The van der Waals surface area contributed by atoms with Crippen molar-refractivity contribution in [3.63, 3.8) is 0 Å². The van der Waals surface area contributed by atoms with Gasteiger partial charge in [-0.25, -0.2) is 0 Å². The molecule has 8 heteroatoms. The SMILES string of the molecule is CC.CC#CCNC(=O)CCC(C)(C)OCCC(C)(C)NC(=O)CCN1C(=O)CC(C(C)C)C1=O. The molecule has 0 aromatic carbocycles. The van der Waals surface area contributed by atoms with Gasteiger partial charge in [0.25, 0.3) is 0 Å². The number of carbonyl (C=O) groups excluding carboxylic acids is 4. The topological polar surface area (TPSA) is 105 Å². The maximum atomic E-state index is 12.4. The van der Waals surface area contributed by atoms with Gasteiger partial charge in [-0.2, -0.15) is 0 Å². The Balaban J connectivity index is 0.00000562. The summed E-state index contributed by atoms with van der Waals surface area (Å²) in [6.45, 7) is 18.1. The van der Waals surface area contributed by atoms with Crippen LogP contribution in [0.15, 0.2) is 0 Å². The Labute approximate surface area is 212 Å². The Bertz CT molecular complexity index is 777. The third-order valence-electron chi connectivity index (χ3n) is 5.85. The van der Waals surface area contributed by atoms with Gasteiger partial charge in [0.15, 0.2) is 0 Å². The summed E-state index contributed by atoms with van der Waals surface area (Å²) >= 11 is 0. The number of nitrogens with one attached hydrogen (secondary N) is 2. The van der Waals surface area contributed by atoms with E-state index in [2.05, 4.69) is 22.5 Å². The zero-order valence-corrected chi connectivity index (χ0v) is 23.3. The van der Waals surface area contributed by atoms with Crippen LogP contribution in [0.4, 0.5) is 0 Å². The molecule has 0 saturated carbocycles. The molecule has 2 N–H and O–H groups in total. The molecule has 1 saturated heterocycles. The molecule has 0 aromatic heterocycles. The first kappa shape index (κ1) is 32.6. The van der Waals surface area contributed by atoms with Crippen LogP contribution in [-0.2, 0) is 23.9 Å². The lowest BCUT2D eigenvalue weighted by atomic mass is 9.94. The highest BCUT2D eigenvalue weighted by Crippen LogP contribution is 2.26. The van der Waals surface area contributed by atoms with Gasteiger partial charge in [0.05, 0.1) is 12.1 Å². The van der Waals surface area contributed by atoms with Crippen LogP contribution < -0.4 is 10.6 Å². The van der Waals surface area contributed by atoms with Crippen molar-refractivity contribution in [3.8, 4) is 11.8 Å². The lowest BCUT2D eigenvalue weighted by molar-refractivity contribution is -0.140. The average Bonchev–Trinajstić information content (AvgIpc) is 3.05. The van der Waals surface area contributed by atoms with Gasteiger partial charge in [-0.3, -0.25) is 24.1 Å². The molecular formula is C27H47N3O5. The van der Waals surface area contributed by atoms with E-state index in [0.717, 1.165) is 0 Å². The molecule has 0 bridgehead atoms. The van der Waals surface area contributed by atoms with Crippen LogP contribution in [0.2, 0.25) is 0 Å². The Hall–Kier alpha value is -2.40. The summed E-state index contributed by atoms with van der Waals surface area (Å²) in [4.78, 5) is 50.0. The third kappa shape index (κ3) is 12.7. The van der Waals surface area contributed by atoms with Crippen LogP contribution in [0.1, 0.15) is 94.4 Å². The largest absolute Gasteiger partial charge is 0.375 e. The molecule has 4 amide bonds. The summed E-state index contributed by atoms with van der Waals surface area (Å²) in [7, 11) is 0. The zero-order chi connectivity index (χ0) is 27.2. The summed E-state index contributed by atoms with van der Waals surface area (Å²) < 4.78 is 5.97. The number of amides is 4. The van der Waals surface area contributed by atoms with E-state index in [9.17, 15) is 19.2 Å². The van der Waals surface area contributed by atoms with Gasteiger partial charge in [0.1, 0.15) is 0 Å². The van der Waals surface area contributed by atoms with Crippen LogP contribution in [-0.4, -0.2) is 59.4 Å². The molecule has 0 spiro atoms.